The van der Waals surface area contributed by atoms with E-state index in [1.165, 1.54) is 25.7 Å². The Hall–Kier alpha value is -1.15. The monoisotopic (exact) mass is 233 g/mol. The summed E-state index contributed by atoms with van der Waals surface area (Å²) in [6.07, 6.45) is 6.82. The van der Waals surface area contributed by atoms with Crippen molar-refractivity contribution in [2.24, 2.45) is 5.73 Å². The van der Waals surface area contributed by atoms with Gasteiger partial charge in [-0.3, -0.25) is 4.79 Å². The predicted octanol–water partition coefficient (Wildman–Crippen LogP) is 3.56. The van der Waals surface area contributed by atoms with Gasteiger partial charge in [-0.1, -0.05) is 69.4 Å². The Balaban J connectivity index is 2.28. The van der Waals surface area contributed by atoms with Gasteiger partial charge in [-0.15, -0.1) is 0 Å². The van der Waals surface area contributed by atoms with Crippen LogP contribution in [0.3, 0.4) is 0 Å². The number of ketones is 1. The highest BCUT2D eigenvalue weighted by Gasteiger charge is 2.14. The van der Waals surface area contributed by atoms with Crippen molar-refractivity contribution >= 4 is 5.78 Å². The number of nitrogens with two attached hydrogens (primary N) is 1. The zero-order valence-corrected chi connectivity index (χ0v) is 10.7. The van der Waals surface area contributed by atoms with Crippen LogP contribution >= 0.6 is 0 Å². The Bertz CT molecular complexity index is 321. The first-order chi connectivity index (χ1) is 8.25. The van der Waals surface area contributed by atoms with Crippen LogP contribution in [-0.4, -0.2) is 11.8 Å². The van der Waals surface area contributed by atoms with Crippen molar-refractivity contribution in [2.75, 3.05) is 0 Å². The number of hydrogen-bond acceptors (Lipinski definition) is 2. The van der Waals surface area contributed by atoms with Crippen molar-refractivity contribution in [2.45, 2.75) is 51.5 Å². The molecule has 0 amide bonds. The van der Waals surface area contributed by atoms with Crippen molar-refractivity contribution in [3.63, 3.8) is 0 Å². The van der Waals surface area contributed by atoms with Crippen LogP contribution in [0.25, 0.3) is 0 Å². The molecule has 0 aliphatic rings. The van der Waals surface area contributed by atoms with E-state index in [2.05, 4.69) is 6.92 Å². The first kappa shape index (κ1) is 13.9. The number of carbonyl (C=O) groups excluding carboxylic acids is 1. The molecule has 0 heterocycles. The molecule has 2 nitrogen and oxygen atoms in total. The molecule has 2 N–H and O–H groups in total. The van der Waals surface area contributed by atoms with Gasteiger partial charge in [0.25, 0.3) is 0 Å². The molecule has 0 bridgehead atoms. The zero-order valence-electron chi connectivity index (χ0n) is 10.7. The number of benzene rings is 1. The van der Waals surface area contributed by atoms with Gasteiger partial charge in [0, 0.05) is 5.56 Å². The topological polar surface area (TPSA) is 43.1 Å². The van der Waals surface area contributed by atoms with Gasteiger partial charge in [0.1, 0.15) is 0 Å². The van der Waals surface area contributed by atoms with E-state index in [1.54, 1.807) is 0 Å². The second kappa shape index (κ2) is 8.02. The van der Waals surface area contributed by atoms with Gasteiger partial charge in [-0.2, -0.15) is 0 Å². The van der Waals surface area contributed by atoms with Crippen LogP contribution in [0.1, 0.15) is 55.8 Å². The van der Waals surface area contributed by atoms with E-state index in [4.69, 9.17) is 5.73 Å². The molecule has 2 heteroatoms. The lowest BCUT2D eigenvalue weighted by Gasteiger charge is -2.10. The highest BCUT2D eigenvalue weighted by molar-refractivity contribution is 5.99. The van der Waals surface area contributed by atoms with Gasteiger partial charge in [-0.05, 0) is 6.42 Å². The summed E-state index contributed by atoms with van der Waals surface area (Å²) < 4.78 is 0. The predicted molar refractivity (Wildman–Crippen MR) is 72.1 cm³/mol. The van der Waals surface area contributed by atoms with Crippen LogP contribution in [0.4, 0.5) is 0 Å². The minimum atomic E-state index is -0.334. The van der Waals surface area contributed by atoms with Crippen molar-refractivity contribution in [3.8, 4) is 0 Å². The SMILES string of the molecule is CCCCCCCC(N)C(=O)c1ccccc1. The number of rotatable bonds is 8. The van der Waals surface area contributed by atoms with E-state index in [0.717, 1.165) is 18.4 Å². The summed E-state index contributed by atoms with van der Waals surface area (Å²) in [4.78, 5) is 11.9. The molecule has 0 radical (unpaired) electrons. The van der Waals surface area contributed by atoms with Crippen LogP contribution < -0.4 is 5.73 Å². The number of hydrogen-bond donors (Lipinski definition) is 1. The van der Waals surface area contributed by atoms with Crippen LogP contribution in [0.5, 0.6) is 0 Å². The summed E-state index contributed by atoms with van der Waals surface area (Å²) in [7, 11) is 0. The molecule has 0 spiro atoms. The summed E-state index contributed by atoms with van der Waals surface area (Å²) in [6.45, 7) is 2.20. The Morgan fingerprint density at radius 3 is 2.41 bits per heavy atom. The smallest absolute Gasteiger partial charge is 0.179 e. The Labute approximate surface area is 104 Å². The molecule has 0 aliphatic heterocycles. The average Bonchev–Trinajstić information content (AvgIpc) is 2.38. The highest BCUT2D eigenvalue weighted by Crippen LogP contribution is 2.10. The summed E-state index contributed by atoms with van der Waals surface area (Å²) >= 11 is 0. The fourth-order valence-corrected chi connectivity index (χ4v) is 1.92. The van der Waals surface area contributed by atoms with Crippen LogP contribution in [0, 0.1) is 0 Å². The second-order valence-corrected chi connectivity index (χ2v) is 4.54. The van der Waals surface area contributed by atoms with Crippen LogP contribution in [-0.2, 0) is 0 Å². The molecule has 0 saturated carbocycles. The first-order valence-electron chi connectivity index (χ1n) is 6.60. The van der Waals surface area contributed by atoms with Crippen LogP contribution in [0.15, 0.2) is 30.3 Å². The van der Waals surface area contributed by atoms with Gasteiger partial charge in [-0.25, -0.2) is 0 Å². The fourth-order valence-electron chi connectivity index (χ4n) is 1.92. The summed E-state index contributed by atoms with van der Waals surface area (Å²) in [6, 6.07) is 8.99. The van der Waals surface area contributed by atoms with Gasteiger partial charge in [0.2, 0.25) is 0 Å². The van der Waals surface area contributed by atoms with Gasteiger partial charge >= 0.3 is 0 Å². The average molecular weight is 233 g/mol. The molecule has 1 unspecified atom stereocenters. The Morgan fingerprint density at radius 2 is 1.76 bits per heavy atom. The van der Waals surface area contributed by atoms with E-state index >= 15 is 0 Å². The molecule has 0 aromatic heterocycles. The molecular weight excluding hydrogens is 210 g/mol. The van der Waals surface area contributed by atoms with Crippen molar-refractivity contribution in [1.29, 1.82) is 0 Å². The molecule has 0 fully saturated rings. The van der Waals surface area contributed by atoms with E-state index in [0.29, 0.717) is 0 Å². The lowest BCUT2D eigenvalue weighted by molar-refractivity contribution is 0.0956. The normalized spacial score (nSPS) is 12.4. The minimum Gasteiger partial charge on any atom is -0.321 e. The van der Waals surface area contributed by atoms with Crippen molar-refractivity contribution < 1.29 is 4.79 Å². The number of Topliss-reactive ketones (excluding diaryl/α,β-unsaturated/α-hetero) is 1. The second-order valence-electron chi connectivity index (χ2n) is 4.54. The summed E-state index contributed by atoms with van der Waals surface area (Å²) in [5, 5.41) is 0. The highest BCUT2D eigenvalue weighted by atomic mass is 16.1. The molecule has 1 atom stereocenters. The maximum atomic E-state index is 11.9. The molecule has 17 heavy (non-hydrogen) atoms. The lowest BCUT2D eigenvalue weighted by Crippen LogP contribution is -2.30. The third-order valence-electron chi connectivity index (χ3n) is 3.01. The van der Waals surface area contributed by atoms with E-state index in [9.17, 15) is 4.79 Å². The van der Waals surface area contributed by atoms with Crippen LogP contribution in [0.2, 0.25) is 0 Å². The number of carbonyl (C=O) groups is 1. The lowest BCUT2D eigenvalue weighted by atomic mass is 9.99. The fraction of sp³-hybridized carbons (Fsp3) is 0.533. The molecule has 0 aliphatic carbocycles. The van der Waals surface area contributed by atoms with Gasteiger partial charge in [0.05, 0.1) is 6.04 Å². The molecular formula is C15H23NO. The van der Waals surface area contributed by atoms with Gasteiger partial charge < -0.3 is 5.73 Å². The van der Waals surface area contributed by atoms with E-state index in [1.807, 2.05) is 30.3 Å². The summed E-state index contributed by atoms with van der Waals surface area (Å²) in [5.74, 6) is 0.0705. The molecule has 1 aromatic carbocycles. The maximum Gasteiger partial charge on any atom is 0.179 e. The molecule has 0 saturated heterocycles. The van der Waals surface area contributed by atoms with Crippen molar-refractivity contribution in [1.82, 2.24) is 0 Å². The van der Waals surface area contributed by atoms with E-state index < -0.39 is 0 Å². The molecule has 1 rings (SSSR count). The molecule has 94 valence electrons. The van der Waals surface area contributed by atoms with Crippen molar-refractivity contribution in [3.05, 3.63) is 35.9 Å². The third-order valence-corrected chi connectivity index (χ3v) is 3.01. The Kier molecular flexibility index (Phi) is 6.56. The minimum absolute atomic E-state index is 0.0705. The quantitative estimate of drug-likeness (QED) is 0.551. The Morgan fingerprint density at radius 1 is 1.12 bits per heavy atom. The maximum absolute atomic E-state index is 11.9. The first-order valence-corrected chi connectivity index (χ1v) is 6.60. The standard InChI is InChI=1S/C15H23NO/c1-2-3-4-5-9-12-14(16)15(17)13-10-7-6-8-11-13/h6-8,10-11,14H,2-5,9,12,16H2,1H3. The van der Waals surface area contributed by atoms with E-state index in [-0.39, 0.29) is 11.8 Å². The molecule has 1 aromatic rings. The van der Waals surface area contributed by atoms with Gasteiger partial charge in [0.15, 0.2) is 5.78 Å². The summed E-state index contributed by atoms with van der Waals surface area (Å²) in [5.41, 5.74) is 6.64. The third kappa shape index (κ3) is 5.14. The number of unbranched alkanes of at least 4 members (excludes halogenated alkanes) is 4. The largest absolute Gasteiger partial charge is 0.321 e. The zero-order chi connectivity index (χ0) is 12.5.